The lowest BCUT2D eigenvalue weighted by molar-refractivity contribution is -0.147. The van der Waals surface area contributed by atoms with Gasteiger partial charge in [-0.2, -0.15) is 0 Å². The Morgan fingerprint density at radius 3 is 2.79 bits per heavy atom. The third-order valence-electron chi connectivity index (χ3n) is 4.02. The molecule has 0 aromatic heterocycles. The normalized spacial score (nSPS) is 31.6. The average molecular weight is 272 g/mol. The van der Waals surface area contributed by atoms with Crippen LogP contribution in [0, 0.1) is 0 Å². The van der Waals surface area contributed by atoms with Crippen LogP contribution in [0.4, 0.5) is 4.79 Å². The summed E-state index contributed by atoms with van der Waals surface area (Å²) >= 11 is 0. The Hall–Kier alpha value is -1.34. The molecule has 0 bridgehead atoms. The number of carbonyl (C=O) groups is 2. The number of aliphatic hydroxyl groups excluding tert-OH is 1. The van der Waals surface area contributed by atoms with Gasteiger partial charge in [0.1, 0.15) is 5.54 Å². The number of hydrogen-bond donors (Lipinski definition) is 2. The molecule has 2 aliphatic heterocycles. The first-order chi connectivity index (χ1) is 9.00. The molecule has 0 aromatic carbocycles. The van der Waals surface area contributed by atoms with E-state index in [4.69, 9.17) is 4.74 Å². The highest BCUT2D eigenvalue weighted by atomic mass is 16.5. The van der Waals surface area contributed by atoms with Gasteiger partial charge in [0.25, 0.3) is 0 Å². The molecule has 0 spiro atoms. The van der Waals surface area contributed by atoms with Gasteiger partial charge in [-0.3, -0.25) is 0 Å². The Labute approximate surface area is 111 Å². The largest absolute Gasteiger partial charge is 0.480 e. The van der Waals surface area contributed by atoms with Crippen LogP contribution in [0.3, 0.4) is 0 Å². The van der Waals surface area contributed by atoms with Crippen LogP contribution < -0.4 is 0 Å². The Kier molecular flexibility index (Phi) is 3.96. The van der Waals surface area contributed by atoms with E-state index in [2.05, 4.69) is 0 Å². The van der Waals surface area contributed by atoms with Crippen molar-refractivity contribution in [3.63, 3.8) is 0 Å². The molecule has 108 valence electrons. The molecular formula is C12H20N2O5. The number of amides is 2. The van der Waals surface area contributed by atoms with Crippen LogP contribution in [0.5, 0.6) is 0 Å². The highest BCUT2D eigenvalue weighted by Gasteiger charge is 2.48. The van der Waals surface area contributed by atoms with Gasteiger partial charge >= 0.3 is 12.0 Å². The maximum atomic E-state index is 12.5. The van der Waals surface area contributed by atoms with Crippen molar-refractivity contribution < 1.29 is 24.5 Å². The zero-order valence-electron chi connectivity index (χ0n) is 11.0. The van der Waals surface area contributed by atoms with Crippen molar-refractivity contribution >= 4 is 12.0 Å². The van der Waals surface area contributed by atoms with E-state index in [0.717, 1.165) is 0 Å². The SMILES string of the molecule is CC1(C(=O)O)CCCN1C(=O)N1CCOCC1CO. The number of aliphatic carboxylic acids is 1. The zero-order chi connectivity index (χ0) is 14.0. The molecule has 0 aliphatic carbocycles. The predicted molar refractivity (Wildman–Crippen MR) is 65.8 cm³/mol. The van der Waals surface area contributed by atoms with Gasteiger partial charge < -0.3 is 24.7 Å². The van der Waals surface area contributed by atoms with Crippen molar-refractivity contribution in [1.29, 1.82) is 0 Å². The fraction of sp³-hybridized carbons (Fsp3) is 0.833. The van der Waals surface area contributed by atoms with Crippen LogP contribution >= 0.6 is 0 Å². The standard InChI is InChI=1S/C12H20N2O5/c1-12(10(16)17)3-2-4-14(12)11(18)13-5-6-19-8-9(13)7-15/h9,15H,2-8H2,1H3,(H,16,17). The quantitative estimate of drug-likeness (QED) is 0.722. The summed E-state index contributed by atoms with van der Waals surface area (Å²) < 4.78 is 5.23. The third kappa shape index (κ3) is 2.40. The summed E-state index contributed by atoms with van der Waals surface area (Å²) in [4.78, 5) is 26.8. The molecule has 0 aromatic rings. The lowest BCUT2D eigenvalue weighted by Gasteiger charge is -2.40. The highest BCUT2D eigenvalue weighted by Crippen LogP contribution is 2.31. The number of urea groups is 1. The van der Waals surface area contributed by atoms with Crippen molar-refractivity contribution in [3.8, 4) is 0 Å². The monoisotopic (exact) mass is 272 g/mol. The molecule has 19 heavy (non-hydrogen) atoms. The van der Waals surface area contributed by atoms with Crippen LogP contribution in [0.15, 0.2) is 0 Å². The second kappa shape index (κ2) is 5.34. The van der Waals surface area contributed by atoms with Gasteiger partial charge in [0.2, 0.25) is 0 Å². The molecule has 2 atom stereocenters. The molecule has 2 amide bonds. The number of ether oxygens (including phenoxy) is 1. The number of rotatable bonds is 2. The van der Waals surface area contributed by atoms with Crippen molar-refractivity contribution in [2.75, 3.05) is 32.9 Å². The van der Waals surface area contributed by atoms with E-state index in [1.165, 1.54) is 9.80 Å². The summed E-state index contributed by atoms with van der Waals surface area (Å²) in [7, 11) is 0. The molecule has 2 fully saturated rings. The minimum Gasteiger partial charge on any atom is -0.480 e. The maximum Gasteiger partial charge on any atom is 0.329 e. The van der Waals surface area contributed by atoms with Gasteiger partial charge in [-0.15, -0.1) is 0 Å². The number of morpholine rings is 1. The molecule has 2 saturated heterocycles. The number of nitrogens with zero attached hydrogens (tertiary/aromatic N) is 2. The summed E-state index contributed by atoms with van der Waals surface area (Å²) in [5.74, 6) is -0.979. The first kappa shape index (κ1) is 14.1. The van der Waals surface area contributed by atoms with Crippen LogP contribution in [0.25, 0.3) is 0 Å². The maximum absolute atomic E-state index is 12.5. The predicted octanol–water partition coefficient (Wildman–Crippen LogP) is -0.261. The minimum absolute atomic E-state index is 0.177. The van der Waals surface area contributed by atoms with Crippen molar-refractivity contribution in [3.05, 3.63) is 0 Å². The van der Waals surface area contributed by atoms with E-state index < -0.39 is 11.5 Å². The fourth-order valence-electron chi connectivity index (χ4n) is 2.71. The number of carbonyl (C=O) groups excluding carboxylic acids is 1. The van der Waals surface area contributed by atoms with Gasteiger partial charge in [-0.05, 0) is 19.8 Å². The zero-order valence-corrected chi connectivity index (χ0v) is 11.0. The molecule has 7 nitrogen and oxygen atoms in total. The van der Waals surface area contributed by atoms with E-state index in [9.17, 15) is 19.8 Å². The van der Waals surface area contributed by atoms with Gasteiger partial charge in [-0.1, -0.05) is 0 Å². The van der Waals surface area contributed by atoms with E-state index in [1.807, 2.05) is 0 Å². The molecule has 2 aliphatic rings. The van der Waals surface area contributed by atoms with Gasteiger partial charge in [0.15, 0.2) is 0 Å². The van der Waals surface area contributed by atoms with Crippen molar-refractivity contribution in [2.24, 2.45) is 0 Å². The summed E-state index contributed by atoms with van der Waals surface area (Å²) in [5.41, 5.74) is -1.14. The second-order valence-electron chi connectivity index (χ2n) is 5.22. The van der Waals surface area contributed by atoms with Gasteiger partial charge in [0, 0.05) is 13.1 Å². The van der Waals surface area contributed by atoms with Crippen LogP contribution in [-0.2, 0) is 9.53 Å². The molecular weight excluding hydrogens is 252 g/mol. The molecule has 0 saturated carbocycles. The first-order valence-corrected chi connectivity index (χ1v) is 6.51. The minimum atomic E-state index is -1.14. The molecule has 0 radical (unpaired) electrons. The smallest absolute Gasteiger partial charge is 0.329 e. The molecule has 2 heterocycles. The van der Waals surface area contributed by atoms with E-state index in [0.29, 0.717) is 39.1 Å². The average Bonchev–Trinajstić information content (AvgIpc) is 2.81. The Morgan fingerprint density at radius 1 is 1.42 bits per heavy atom. The van der Waals surface area contributed by atoms with Crippen molar-refractivity contribution in [1.82, 2.24) is 9.80 Å². The topological polar surface area (TPSA) is 90.3 Å². The summed E-state index contributed by atoms with van der Waals surface area (Å²) in [6.07, 6.45) is 1.14. The fourth-order valence-corrected chi connectivity index (χ4v) is 2.71. The first-order valence-electron chi connectivity index (χ1n) is 6.51. The Bertz CT molecular complexity index is 375. The number of hydrogen-bond acceptors (Lipinski definition) is 4. The van der Waals surface area contributed by atoms with Crippen molar-refractivity contribution in [2.45, 2.75) is 31.3 Å². The van der Waals surface area contributed by atoms with E-state index in [-0.39, 0.29) is 18.7 Å². The molecule has 2 N–H and O–H groups in total. The molecule has 7 heteroatoms. The number of carboxylic acid groups (broad SMARTS) is 1. The third-order valence-corrected chi connectivity index (χ3v) is 4.02. The van der Waals surface area contributed by atoms with E-state index in [1.54, 1.807) is 6.92 Å². The highest BCUT2D eigenvalue weighted by molar-refractivity contribution is 5.86. The van der Waals surface area contributed by atoms with Gasteiger partial charge in [-0.25, -0.2) is 9.59 Å². The Balaban J connectivity index is 2.16. The summed E-state index contributed by atoms with van der Waals surface area (Å²) in [6.45, 7) is 2.94. The van der Waals surface area contributed by atoms with Crippen LogP contribution in [0.2, 0.25) is 0 Å². The van der Waals surface area contributed by atoms with Gasteiger partial charge in [0.05, 0.1) is 25.9 Å². The number of likely N-dealkylation sites (tertiary alicyclic amines) is 1. The Morgan fingerprint density at radius 2 is 2.16 bits per heavy atom. The number of aliphatic hydroxyl groups is 1. The molecule has 2 rings (SSSR count). The van der Waals surface area contributed by atoms with Crippen LogP contribution in [0.1, 0.15) is 19.8 Å². The molecule has 2 unspecified atom stereocenters. The van der Waals surface area contributed by atoms with E-state index >= 15 is 0 Å². The lowest BCUT2D eigenvalue weighted by atomic mass is 9.99. The second-order valence-corrected chi connectivity index (χ2v) is 5.22. The van der Waals surface area contributed by atoms with Crippen LogP contribution in [-0.4, -0.2) is 76.5 Å². The summed E-state index contributed by atoms with van der Waals surface area (Å²) in [5, 5.41) is 18.6. The number of carboxylic acids is 1. The lowest BCUT2D eigenvalue weighted by Crippen LogP contribution is -2.60. The summed E-state index contributed by atoms with van der Waals surface area (Å²) in [6, 6.07) is -0.704.